The van der Waals surface area contributed by atoms with Crippen molar-refractivity contribution in [1.82, 2.24) is 15.2 Å². The molecule has 36 heavy (non-hydrogen) atoms. The molecular weight excluding hydrogens is 475 g/mol. The average molecular weight is 512 g/mol. The van der Waals surface area contributed by atoms with Gasteiger partial charge in [0.05, 0.1) is 31.0 Å². The molecule has 1 saturated carbocycles. The molecule has 0 bridgehead atoms. The Hall–Kier alpha value is -2.82. The van der Waals surface area contributed by atoms with Gasteiger partial charge in [0, 0.05) is 19.7 Å². The van der Waals surface area contributed by atoms with Crippen molar-refractivity contribution >= 4 is 23.3 Å². The maximum Gasteiger partial charge on any atom is 0.453 e. The molecule has 11 heteroatoms. The lowest BCUT2D eigenvalue weighted by molar-refractivity contribution is -0.144. The third kappa shape index (κ3) is 7.11. The van der Waals surface area contributed by atoms with Gasteiger partial charge in [0.15, 0.2) is 0 Å². The smallest absolute Gasteiger partial charge is 0.453 e. The molecule has 8 nitrogen and oxygen atoms in total. The molecule has 1 aliphatic carbocycles. The van der Waals surface area contributed by atoms with Crippen molar-refractivity contribution in [3.8, 4) is 0 Å². The second-order valence-corrected chi connectivity index (χ2v) is 9.80. The SMILES string of the molecule is COC(=O)C[C@@H](C)c1ccc(N(CC(C)C)[C@H]2CC[C@@H](OC)CC2)c(Nc2nc(C(F)(F)F)n[nH]2)c1. The molecule has 2 aromatic rings. The highest BCUT2D eigenvalue weighted by Crippen LogP contribution is 2.37. The maximum absolute atomic E-state index is 13.1. The number of hydrogen-bond acceptors (Lipinski definition) is 7. The van der Waals surface area contributed by atoms with E-state index in [4.69, 9.17) is 9.47 Å². The number of esters is 1. The molecule has 0 saturated heterocycles. The highest BCUT2D eigenvalue weighted by atomic mass is 19.4. The number of carbonyl (C=O) groups is 1. The van der Waals surface area contributed by atoms with Gasteiger partial charge in [-0.1, -0.05) is 26.8 Å². The van der Waals surface area contributed by atoms with Gasteiger partial charge in [-0.15, -0.1) is 5.10 Å². The fourth-order valence-corrected chi connectivity index (χ4v) is 4.66. The molecule has 1 heterocycles. The van der Waals surface area contributed by atoms with Crippen LogP contribution in [0.25, 0.3) is 0 Å². The van der Waals surface area contributed by atoms with Crippen molar-refractivity contribution in [2.24, 2.45) is 5.92 Å². The molecule has 1 aliphatic rings. The second kappa shape index (κ2) is 11.9. The van der Waals surface area contributed by atoms with E-state index < -0.39 is 12.0 Å². The molecule has 1 fully saturated rings. The molecule has 3 rings (SSSR count). The predicted octanol–water partition coefficient (Wildman–Crippen LogP) is 5.65. The Morgan fingerprint density at radius 3 is 2.44 bits per heavy atom. The first-order chi connectivity index (χ1) is 17.0. The number of benzene rings is 1. The fraction of sp³-hybridized carbons (Fsp3) is 0.640. The van der Waals surface area contributed by atoms with E-state index in [-0.39, 0.29) is 36.4 Å². The Morgan fingerprint density at radius 1 is 1.19 bits per heavy atom. The van der Waals surface area contributed by atoms with Crippen molar-refractivity contribution in [1.29, 1.82) is 0 Å². The van der Waals surface area contributed by atoms with E-state index in [1.54, 1.807) is 7.11 Å². The normalized spacial score (nSPS) is 19.2. The van der Waals surface area contributed by atoms with Crippen molar-refractivity contribution in [2.75, 3.05) is 31.0 Å². The van der Waals surface area contributed by atoms with Crippen LogP contribution in [0.2, 0.25) is 0 Å². The van der Waals surface area contributed by atoms with Crippen LogP contribution < -0.4 is 10.2 Å². The van der Waals surface area contributed by atoms with Crippen LogP contribution in [0.5, 0.6) is 0 Å². The Morgan fingerprint density at radius 2 is 1.89 bits per heavy atom. The first kappa shape index (κ1) is 27.8. The summed E-state index contributed by atoms with van der Waals surface area (Å²) in [6.07, 6.45) is -0.423. The first-order valence-corrected chi connectivity index (χ1v) is 12.3. The van der Waals surface area contributed by atoms with Crippen LogP contribution in [0.4, 0.5) is 30.5 Å². The number of carbonyl (C=O) groups excluding carboxylic acids is 1. The zero-order chi connectivity index (χ0) is 26.5. The number of methoxy groups -OCH3 is 2. The lowest BCUT2D eigenvalue weighted by atomic mass is 9.90. The lowest BCUT2D eigenvalue weighted by Gasteiger charge is -2.40. The Kier molecular flexibility index (Phi) is 9.21. The molecular formula is C25H36F3N5O3. The van der Waals surface area contributed by atoms with Crippen LogP contribution in [0, 0.1) is 5.92 Å². The summed E-state index contributed by atoms with van der Waals surface area (Å²) in [5.41, 5.74) is 2.32. The van der Waals surface area contributed by atoms with Crippen LogP contribution in [0.15, 0.2) is 18.2 Å². The number of hydrogen-bond donors (Lipinski definition) is 2. The number of halogens is 3. The molecule has 1 aromatic carbocycles. The molecule has 2 N–H and O–H groups in total. The monoisotopic (exact) mass is 511 g/mol. The summed E-state index contributed by atoms with van der Waals surface area (Å²) in [6, 6.07) is 6.06. The number of nitrogens with zero attached hydrogens (tertiary/aromatic N) is 3. The zero-order valence-corrected chi connectivity index (χ0v) is 21.5. The second-order valence-electron chi connectivity index (χ2n) is 9.80. The summed E-state index contributed by atoms with van der Waals surface area (Å²) in [6.45, 7) is 6.96. The first-order valence-electron chi connectivity index (χ1n) is 12.3. The van der Waals surface area contributed by atoms with Gasteiger partial charge >= 0.3 is 12.1 Å². The molecule has 1 atom stereocenters. The minimum Gasteiger partial charge on any atom is -0.469 e. The minimum absolute atomic E-state index is 0.103. The van der Waals surface area contributed by atoms with E-state index >= 15 is 0 Å². The van der Waals surface area contributed by atoms with E-state index in [0.29, 0.717) is 11.6 Å². The number of H-pyrrole nitrogens is 1. The summed E-state index contributed by atoms with van der Waals surface area (Å²) in [5.74, 6) is -1.46. The van der Waals surface area contributed by atoms with Gasteiger partial charge in [0.1, 0.15) is 0 Å². The summed E-state index contributed by atoms with van der Waals surface area (Å²) in [4.78, 5) is 17.8. The van der Waals surface area contributed by atoms with E-state index in [1.807, 2.05) is 25.1 Å². The molecule has 0 amide bonds. The molecule has 200 valence electrons. The van der Waals surface area contributed by atoms with Crippen molar-refractivity contribution in [3.05, 3.63) is 29.6 Å². The lowest BCUT2D eigenvalue weighted by Crippen LogP contribution is -2.41. The third-order valence-electron chi connectivity index (χ3n) is 6.57. The Bertz CT molecular complexity index is 1000. The number of aromatic nitrogens is 3. The molecule has 0 aliphatic heterocycles. The van der Waals surface area contributed by atoms with Gasteiger partial charge in [-0.25, -0.2) is 5.10 Å². The van der Waals surface area contributed by atoms with Crippen LogP contribution in [0.1, 0.15) is 70.2 Å². The van der Waals surface area contributed by atoms with Gasteiger partial charge in [-0.2, -0.15) is 18.2 Å². The van der Waals surface area contributed by atoms with Gasteiger partial charge in [0.2, 0.25) is 5.95 Å². The molecule has 0 spiro atoms. The number of alkyl halides is 3. The Balaban J connectivity index is 1.99. The van der Waals surface area contributed by atoms with Gasteiger partial charge in [0.25, 0.3) is 5.82 Å². The van der Waals surface area contributed by atoms with Crippen molar-refractivity contribution < 1.29 is 27.4 Å². The van der Waals surface area contributed by atoms with E-state index in [2.05, 4.69) is 39.2 Å². The third-order valence-corrected chi connectivity index (χ3v) is 6.57. The van der Waals surface area contributed by atoms with Crippen LogP contribution in [-0.4, -0.2) is 54.1 Å². The van der Waals surface area contributed by atoms with E-state index in [9.17, 15) is 18.0 Å². The number of aromatic amines is 1. The van der Waals surface area contributed by atoms with E-state index in [1.165, 1.54) is 7.11 Å². The highest BCUT2D eigenvalue weighted by Gasteiger charge is 2.36. The summed E-state index contributed by atoms with van der Waals surface area (Å²) < 4.78 is 49.6. The number of rotatable bonds is 10. The van der Waals surface area contributed by atoms with Crippen LogP contribution in [-0.2, 0) is 20.4 Å². The van der Waals surface area contributed by atoms with Crippen molar-refractivity contribution in [2.45, 2.75) is 77.1 Å². The highest BCUT2D eigenvalue weighted by molar-refractivity contribution is 5.76. The number of nitrogens with one attached hydrogen (secondary N) is 2. The summed E-state index contributed by atoms with van der Waals surface area (Å²) in [5, 5.41) is 8.69. The summed E-state index contributed by atoms with van der Waals surface area (Å²) in [7, 11) is 3.08. The standard InChI is InChI=1S/C25H36F3N5O3/c1-15(2)14-33(18-7-9-19(35-4)10-8-18)21-11-6-17(16(3)12-22(34)36-5)13-20(21)29-24-30-23(31-32-24)25(26,27)28/h6,11,13,15-16,18-19H,7-10,12,14H2,1-5H3,(H2,29,30,31,32)/t16-,18-,19+/m1/s1. The topological polar surface area (TPSA) is 92.4 Å². The zero-order valence-electron chi connectivity index (χ0n) is 21.5. The summed E-state index contributed by atoms with van der Waals surface area (Å²) >= 11 is 0. The van der Waals surface area contributed by atoms with Crippen LogP contribution in [0.3, 0.4) is 0 Å². The number of ether oxygens (including phenoxy) is 2. The van der Waals surface area contributed by atoms with Gasteiger partial charge < -0.3 is 19.7 Å². The maximum atomic E-state index is 13.1. The largest absolute Gasteiger partial charge is 0.469 e. The van der Waals surface area contributed by atoms with Gasteiger partial charge in [-0.05, 0) is 55.2 Å². The molecule has 0 radical (unpaired) electrons. The minimum atomic E-state index is -4.65. The van der Waals surface area contributed by atoms with E-state index in [0.717, 1.165) is 43.5 Å². The molecule has 0 unspecified atom stereocenters. The average Bonchev–Trinajstić information content (AvgIpc) is 3.32. The molecule has 1 aromatic heterocycles. The predicted molar refractivity (Wildman–Crippen MR) is 131 cm³/mol. The van der Waals surface area contributed by atoms with Crippen molar-refractivity contribution in [3.63, 3.8) is 0 Å². The van der Waals surface area contributed by atoms with Gasteiger partial charge in [-0.3, -0.25) is 4.79 Å². The quantitative estimate of drug-likeness (QED) is 0.398. The number of anilines is 3. The Labute approximate surface area is 209 Å². The fourth-order valence-electron chi connectivity index (χ4n) is 4.66. The van der Waals surface area contributed by atoms with Crippen LogP contribution >= 0.6 is 0 Å².